The quantitative estimate of drug-likeness (QED) is 0.582. The smallest absolute Gasteiger partial charge is 0.0195 e. The topological polar surface area (TPSA) is 3.24 Å². The molecule has 0 aliphatic heterocycles. The molecule has 0 aliphatic carbocycles. The van der Waals surface area contributed by atoms with Crippen molar-refractivity contribution in [1.29, 1.82) is 0 Å². The van der Waals surface area contributed by atoms with Gasteiger partial charge in [-0.15, -0.1) is 11.6 Å². The maximum Gasteiger partial charge on any atom is 0.0195 e. The monoisotopic (exact) mass is 165 g/mol. The van der Waals surface area contributed by atoms with Gasteiger partial charge < -0.3 is 4.90 Å². The van der Waals surface area contributed by atoms with Crippen molar-refractivity contribution < 1.29 is 0 Å². The van der Waals surface area contributed by atoms with E-state index in [9.17, 15) is 0 Å². The minimum absolute atomic E-state index is 0.722. The molecule has 0 saturated carbocycles. The second-order valence-electron chi connectivity index (χ2n) is 1.89. The minimum Gasteiger partial charge on any atom is -0.304 e. The summed E-state index contributed by atoms with van der Waals surface area (Å²) < 4.78 is 0. The zero-order valence-corrected chi connectivity index (χ0v) is 8.41. The van der Waals surface area contributed by atoms with E-state index in [1.807, 2.05) is 6.92 Å². The third-order valence-corrected chi connectivity index (χ3v) is 1.34. The summed E-state index contributed by atoms with van der Waals surface area (Å²) in [7, 11) is 0. The van der Waals surface area contributed by atoms with Crippen LogP contribution in [0.3, 0.4) is 0 Å². The Morgan fingerprint density at radius 3 is 1.10 bits per heavy atom. The molecule has 0 bridgehead atoms. The summed E-state index contributed by atoms with van der Waals surface area (Å²) in [5.41, 5.74) is 0. The highest BCUT2D eigenvalue weighted by molar-refractivity contribution is 6.17. The van der Waals surface area contributed by atoms with Gasteiger partial charge in [0.1, 0.15) is 0 Å². The van der Waals surface area contributed by atoms with E-state index in [2.05, 4.69) is 25.7 Å². The van der Waals surface area contributed by atoms with Gasteiger partial charge in [0.15, 0.2) is 0 Å². The molecule has 0 aromatic carbocycles. The van der Waals surface area contributed by atoms with Gasteiger partial charge in [-0.2, -0.15) is 0 Å². The summed E-state index contributed by atoms with van der Waals surface area (Å²) in [5, 5.41) is 0. The van der Waals surface area contributed by atoms with Crippen LogP contribution < -0.4 is 0 Å². The van der Waals surface area contributed by atoms with Crippen LogP contribution in [0.15, 0.2) is 0 Å². The van der Waals surface area contributed by atoms with Crippen LogP contribution in [0.5, 0.6) is 0 Å². The van der Waals surface area contributed by atoms with Crippen LogP contribution in [0.4, 0.5) is 0 Å². The molecule has 0 aliphatic rings. The van der Waals surface area contributed by atoms with Gasteiger partial charge >= 0.3 is 0 Å². The first-order chi connectivity index (χ1) is 4.76. The predicted octanol–water partition coefficient (Wildman–Crippen LogP) is 2.59. The molecule has 0 heterocycles. The second kappa shape index (κ2) is 12.0. The summed E-state index contributed by atoms with van der Waals surface area (Å²) in [6.45, 7) is 12.0. The Hall–Kier alpha value is 0.250. The average Bonchev–Trinajstić information content (AvgIpc) is 1.93. The van der Waals surface area contributed by atoms with Crippen LogP contribution in [-0.4, -0.2) is 30.4 Å². The molecule has 1 nitrogen and oxygen atoms in total. The summed E-state index contributed by atoms with van der Waals surface area (Å²) in [6.07, 6.45) is 0. The summed E-state index contributed by atoms with van der Waals surface area (Å²) in [6, 6.07) is 0. The first-order valence-corrected chi connectivity index (χ1v) is 4.58. The van der Waals surface area contributed by atoms with Crippen LogP contribution in [0.25, 0.3) is 0 Å². The third-order valence-electron chi connectivity index (χ3n) is 1.34. The molecule has 0 atom stereocenters. The highest BCUT2D eigenvalue weighted by Crippen LogP contribution is 1.81. The molecule has 0 radical (unpaired) electrons. The number of alkyl halides is 1. The van der Waals surface area contributed by atoms with Crippen molar-refractivity contribution in [3.8, 4) is 0 Å². The molecule has 0 unspecified atom stereocenters. The standard InChI is InChI=1S/C6H15N.C2H5Cl/c1-4-7(5-2)6-3;1-2-3/h4-6H2,1-3H3;2H2,1H3. The highest BCUT2D eigenvalue weighted by Gasteiger charge is 1.89. The molecule has 10 heavy (non-hydrogen) atoms. The van der Waals surface area contributed by atoms with Crippen molar-refractivity contribution in [2.75, 3.05) is 25.5 Å². The Balaban J connectivity index is 0. The molecule has 0 N–H and O–H groups in total. The maximum absolute atomic E-state index is 5.00. The number of nitrogens with zero attached hydrogens (tertiary/aromatic N) is 1. The zero-order valence-electron chi connectivity index (χ0n) is 7.65. The van der Waals surface area contributed by atoms with Crippen LogP contribution in [0.1, 0.15) is 27.7 Å². The van der Waals surface area contributed by atoms with E-state index >= 15 is 0 Å². The van der Waals surface area contributed by atoms with Gasteiger partial charge in [-0.05, 0) is 19.6 Å². The lowest BCUT2D eigenvalue weighted by atomic mass is 10.5. The number of hydrogen-bond donors (Lipinski definition) is 0. The first kappa shape index (κ1) is 12.9. The second-order valence-corrected chi connectivity index (χ2v) is 2.42. The van der Waals surface area contributed by atoms with Crippen molar-refractivity contribution >= 4 is 11.6 Å². The number of rotatable bonds is 3. The number of halogens is 1. The molecular formula is C8H20ClN. The molecule has 0 saturated heterocycles. The fourth-order valence-corrected chi connectivity index (χ4v) is 0.671. The SMILES string of the molecule is CCCl.CCN(CC)CC. The van der Waals surface area contributed by atoms with Gasteiger partial charge in [0.25, 0.3) is 0 Å². The Morgan fingerprint density at radius 1 is 0.900 bits per heavy atom. The third kappa shape index (κ3) is 11.1. The lowest BCUT2D eigenvalue weighted by Crippen LogP contribution is -2.21. The summed E-state index contributed by atoms with van der Waals surface area (Å²) in [4.78, 5) is 2.38. The van der Waals surface area contributed by atoms with Crippen LogP contribution in [0, 0.1) is 0 Å². The van der Waals surface area contributed by atoms with Gasteiger partial charge in [-0.25, -0.2) is 0 Å². The Morgan fingerprint density at radius 2 is 1.10 bits per heavy atom. The van der Waals surface area contributed by atoms with Crippen molar-refractivity contribution in [2.45, 2.75) is 27.7 Å². The van der Waals surface area contributed by atoms with Crippen LogP contribution in [-0.2, 0) is 0 Å². The Bertz CT molecular complexity index is 39.0. The molecule has 0 rings (SSSR count). The fraction of sp³-hybridized carbons (Fsp3) is 1.00. The maximum atomic E-state index is 5.00. The molecule has 0 amide bonds. The normalized spacial score (nSPS) is 9.00. The van der Waals surface area contributed by atoms with Gasteiger partial charge in [0, 0.05) is 5.88 Å². The molecular weight excluding hydrogens is 146 g/mol. The van der Waals surface area contributed by atoms with Crippen molar-refractivity contribution in [3.63, 3.8) is 0 Å². The lowest BCUT2D eigenvalue weighted by Gasteiger charge is -2.13. The fourth-order valence-electron chi connectivity index (χ4n) is 0.671. The van der Waals surface area contributed by atoms with E-state index in [-0.39, 0.29) is 0 Å². The molecule has 64 valence electrons. The Labute approximate surface area is 70.4 Å². The molecule has 0 aromatic heterocycles. The summed E-state index contributed by atoms with van der Waals surface area (Å²) in [5.74, 6) is 0.722. The van der Waals surface area contributed by atoms with Gasteiger partial charge in [0.2, 0.25) is 0 Å². The van der Waals surface area contributed by atoms with Crippen LogP contribution >= 0.6 is 11.6 Å². The predicted molar refractivity (Wildman–Crippen MR) is 49.9 cm³/mol. The zero-order chi connectivity index (χ0) is 8.41. The molecule has 0 spiro atoms. The van der Waals surface area contributed by atoms with E-state index in [0.29, 0.717) is 0 Å². The van der Waals surface area contributed by atoms with E-state index in [1.54, 1.807) is 0 Å². The minimum atomic E-state index is 0.722. The number of hydrogen-bond acceptors (Lipinski definition) is 1. The highest BCUT2D eigenvalue weighted by atomic mass is 35.5. The largest absolute Gasteiger partial charge is 0.304 e. The van der Waals surface area contributed by atoms with Crippen LogP contribution in [0.2, 0.25) is 0 Å². The Kier molecular flexibility index (Phi) is 15.4. The van der Waals surface area contributed by atoms with E-state index < -0.39 is 0 Å². The van der Waals surface area contributed by atoms with E-state index in [1.165, 1.54) is 19.6 Å². The molecule has 0 fully saturated rings. The van der Waals surface area contributed by atoms with Crippen molar-refractivity contribution in [2.24, 2.45) is 0 Å². The lowest BCUT2D eigenvalue weighted by molar-refractivity contribution is 0.321. The van der Waals surface area contributed by atoms with Gasteiger partial charge in [-0.3, -0.25) is 0 Å². The van der Waals surface area contributed by atoms with Crippen molar-refractivity contribution in [1.82, 2.24) is 4.90 Å². The van der Waals surface area contributed by atoms with E-state index in [0.717, 1.165) is 5.88 Å². The summed E-state index contributed by atoms with van der Waals surface area (Å²) >= 11 is 5.00. The average molecular weight is 166 g/mol. The molecule has 2 heteroatoms. The van der Waals surface area contributed by atoms with Gasteiger partial charge in [-0.1, -0.05) is 27.7 Å². The van der Waals surface area contributed by atoms with E-state index in [4.69, 9.17) is 11.6 Å². The molecule has 0 aromatic rings. The van der Waals surface area contributed by atoms with Crippen molar-refractivity contribution in [3.05, 3.63) is 0 Å². The van der Waals surface area contributed by atoms with Gasteiger partial charge in [0.05, 0.1) is 0 Å². The first-order valence-electron chi connectivity index (χ1n) is 4.04.